The van der Waals surface area contributed by atoms with E-state index in [9.17, 15) is 9.59 Å². The average Bonchev–Trinajstić information content (AvgIpc) is 3.58. The lowest BCUT2D eigenvalue weighted by Gasteiger charge is -2.25. The van der Waals surface area contributed by atoms with Crippen LogP contribution in [0.4, 0.5) is 21.0 Å². The first-order valence-corrected chi connectivity index (χ1v) is 16.7. The van der Waals surface area contributed by atoms with Crippen LogP contribution in [0.3, 0.4) is 0 Å². The first-order chi connectivity index (χ1) is 22.6. The minimum Gasteiger partial charge on any atom is -0.496 e. The number of benzene rings is 4. The molecule has 4 aromatic carbocycles. The first-order valence-electron chi connectivity index (χ1n) is 16.1. The van der Waals surface area contributed by atoms with Crippen LogP contribution in [-0.2, 0) is 9.47 Å². The van der Waals surface area contributed by atoms with Crippen LogP contribution in [0.1, 0.15) is 69.1 Å². The second kappa shape index (κ2) is 13.4. The van der Waals surface area contributed by atoms with Gasteiger partial charge in [0.05, 0.1) is 19.4 Å². The predicted molar refractivity (Wildman–Crippen MR) is 187 cm³/mol. The number of nitrogens with zero attached hydrogens (tertiary/aromatic N) is 1. The van der Waals surface area contributed by atoms with Crippen molar-refractivity contribution in [2.75, 3.05) is 43.0 Å². The van der Waals surface area contributed by atoms with Gasteiger partial charge in [-0.15, -0.1) is 11.6 Å². The van der Waals surface area contributed by atoms with Crippen LogP contribution in [0, 0.1) is 0 Å². The minimum atomic E-state index is -0.662. The molecule has 1 aliphatic carbocycles. The Hall–Kier alpha value is -4.43. The third-order valence-electron chi connectivity index (χ3n) is 8.65. The van der Waals surface area contributed by atoms with Gasteiger partial charge in [-0.05, 0) is 61.1 Å². The van der Waals surface area contributed by atoms with E-state index in [1.165, 1.54) is 11.1 Å². The predicted octanol–water partition coefficient (Wildman–Crippen LogP) is 9.47. The maximum absolute atomic E-state index is 13.3. The van der Waals surface area contributed by atoms with Crippen LogP contribution in [0.15, 0.2) is 66.7 Å². The molecule has 0 saturated carbocycles. The molecule has 8 nitrogen and oxygen atoms in total. The molecule has 0 saturated heterocycles. The molecule has 0 fully saturated rings. The topological polar surface area (TPSA) is 86.3 Å². The van der Waals surface area contributed by atoms with E-state index >= 15 is 0 Å². The van der Waals surface area contributed by atoms with E-state index in [-0.39, 0.29) is 18.4 Å². The van der Waals surface area contributed by atoms with E-state index in [0.29, 0.717) is 41.9 Å². The molecule has 47 heavy (non-hydrogen) atoms. The molecule has 2 aliphatic rings. The summed E-state index contributed by atoms with van der Waals surface area (Å²) in [7, 11) is 1.58. The Morgan fingerprint density at radius 1 is 0.979 bits per heavy atom. The quantitative estimate of drug-likeness (QED) is 0.143. The molecule has 1 aliphatic heterocycles. The first kappa shape index (κ1) is 32.5. The number of nitrogens with one attached hydrogen (secondary N) is 1. The van der Waals surface area contributed by atoms with Gasteiger partial charge in [0.15, 0.2) is 0 Å². The molecule has 1 heterocycles. The summed E-state index contributed by atoms with van der Waals surface area (Å²) >= 11 is 6.50. The van der Waals surface area contributed by atoms with Gasteiger partial charge < -0.3 is 18.9 Å². The number of methoxy groups -OCH3 is 1. The summed E-state index contributed by atoms with van der Waals surface area (Å²) in [4.78, 5) is 28.2. The molecule has 1 N–H and O–H groups in total. The van der Waals surface area contributed by atoms with Crippen molar-refractivity contribution in [1.29, 1.82) is 0 Å². The minimum absolute atomic E-state index is 0.0548. The van der Waals surface area contributed by atoms with E-state index in [1.807, 2.05) is 57.2 Å². The zero-order valence-electron chi connectivity index (χ0n) is 27.5. The van der Waals surface area contributed by atoms with Crippen molar-refractivity contribution < 1.29 is 28.5 Å². The number of ether oxygens (including phenoxy) is 4. The summed E-state index contributed by atoms with van der Waals surface area (Å²) in [6.45, 7) is 8.67. The van der Waals surface area contributed by atoms with E-state index in [2.05, 4.69) is 36.5 Å². The molecule has 0 aromatic heterocycles. The SMILES string of the molecule is CCCCOc1cc2c(c3c(OC)cc(NC(=O)OCC4c5ccccc5-c5ccccc54)cc13)[C@H](CCl)CN2C(=O)OC(C)(C)C. The highest BCUT2D eigenvalue weighted by atomic mass is 35.5. The third-order valence-corrected chi connectivity index (χ3v) is 9.02. The van der Waals surface area contributed by atoms with Crippen LogP contribution < -0.4 is 19.7 Å². The lowest BCUT2D eigenvalue weighted by atomic mass is 9.94. The van der Waals surface area contributed by atoms with Crippen molar-refractivity contribution >= 4 is 45.9 Å². The third kappa shape index (κ3) is 6.44. The number of halogens is 1. The summed E-state index contributed by atoms with van der Waals surface area (Å²) in [5.41, 5.74) is 6.02. The smallest absolute Gasteiger partial charge is 0.414 e. The van der Waals surface area contributed by atoms with Crippen molar-refractivity contribution in [3.63, 3.8) is 0 Å². The molecule has 6 rings (SSSR count). The fraction of sp³-hybridized carbons (Fsp3) is 0.368. The van der Waals surface area contributed by atoms with Gasteiger partial charge in [-0.1, -0.05) is 61.9 Å². The number of anilines is 2. The fourth-order valence-electron chi connectivity index (χ4n) is 6.59. The van der Waals surface area contributed by atoms with E-state index < -0.39 is 17.8 Å². The second-order valence-corrected chi connectivity index (χ2v) is 13.3. The number of hydrogen-bond donors (Lipinski definition) is 1. The Bertz CT molecular complexity index is 1770. The standard InChI is InChI=1S/C38H41ClN2O6/c1-6-7-16-45-32-19-31-34(23(20-39)21-41(31)37(43)47-38(2,3)4)35-29(32)17-24(18-33(35)44-5)40-36(42)46-22-30-27-14-10-8-12-25(27)26-13-9-11-15-28(26)30/h8-15,17-19,23,30H,6-7,16,20-22H2,1-5H3,(H,40,42)/t23-/m1/s1. The number of fused-ring (bicyclic) bond motifs is 6. The molecule has 1 atom stereocenters. The number of unbranched alkanes of at least 4 members (excludes halogenated alkanes) is 1. The van der Waals surface area contributed by atoms with E-state index in [4.69, 9.17) is 30.5 Å². The fourth-order valence-corrected chi connectivity index (χ4v) is 6.84. The molecule has 0 spiro atoms. The summed E-state index contributed by atoms with van der Waals surface area (Å²) < 4.78 is 23.8. The van der Waals surface area contributed by atoms with Crippen LogP contribution in [0.5, 0.6) is 11.5 Å². The highest BCUT2D eigenvalue weighted by molar-refractivity contribution is 6.19. The van der Waals surface area contributed by atoms with Crippen LogP contribution in [-0.4, -0.2) is 50.5 Å². The van der Waals surface area contributed by atoms with Crippen LogP contribution in [0.25, 0.3) is 21.9 Å². The maximum Gasteiger partial charge on any atom is 0.414 e. The van der Waals surface area contributed by atoms with E-state index in [0.717, 1.165) is 40.3 Å². The van der Waals surface area contributed by atoms with Crippen molar-refractivity contribution in [3.8, 4) is 22.6 Å². The Morgan fingerprint density at radius 2 is 1.66 bits per heavy atom. The van der Waals surface area contributed by atoms with Gasteiger partial charge in [0, 0.05) is 52.9 Å². The zero-order chi connectivity index (χ0) is 33.3. The molecule has 9 heteroatoms. The van der Waals surface area contributed by atoms with Gasteiger partial charge in [0.2, 0.25) is 0 Å². The lowest BCUT2D eigenvalue weighted by molar-refractivity contribution is 0.0582. The van der Waals surface area contributed by atoms with E-state index in [1.54, 1.807) is 18.1 Å². The molecular formula is C38H41ClN2O6. The highest BCUT2D eigenvalue weighted by Crippen LogP contribution is 2.50. The van der Waals surface area contributed by atoms with Gasteiger partial charge in [-0.25, -0.2) is 9.59 Å². The summed E-state index contributed by atoms with van der Waals surface area (Å²) in [5.74, 6) is 1.17. The normalized spacial score (nSPS) is 15.2. The van der Waals surface area contributed by atoms with Gasteiger partial charge in [0.1, 0.15) is 23.7 Å². The number of hydrogen-bond acceptors (Lipinski definition) is 6. The zero-order valence-corrected chi connectivity index (χ0v) is 28.3. The molecule has 4 aromatic rings. The number of rotatable bonds is 9. The maximum atomic E-state index is 13.3. The van der Waals surface area contributed by atoms with Crippen molar-refractivity contribution in [2.24, 2.45) is 0 Å². The Labute approximate surface area is 280 Å². The van der Waals surface area contributed by atoms with Crippen molar-refractivity contribution in [2.45, 2.75) is 58.0 Å². The average molecular weight is 657 g/mol. The number of carbonyl (C=O) groups is 2. The monoisotopic (exact) mass is 656 g/mol. The van der Waals surface area contributed by atoms with Crippen molar-refractivity contribution in [1.82, 2.24) is 0 Å². The largest absolute Gasteiger partial charge is 0.496 e. The van der Waals surface area contributed by atoms with Gasteiger partial charge in [0.25, 0.3) is 0 Å². The lowest BCUT2D eigenvalue weighted by Crippen LogP contribution is -2.36. The Morgan fingerprint density at radius 3 is 2.28 bits per heavy atom. The summed E-state index contributed by atoms with van der Waals surface area (Å²) in [6.07, 6.45) is 0.794. The van der Waals surface area contributed by atoms with Gasteiger partial charge in [-0.2, -0.15) is 0 Å². The number of alkyl halides is 1. The molecule has 0 bridgehead atoms. The molecule has 0 unspecified atom stereocenters. The second-order valence-electron chi connectivity index (χ2n) is 13.0. The molecular weight excluding hydrogens is 616 g/mol. The summed E-state index contributed by atoms with van der Waals surface area (Å²) in [5, 5.41) is 4.44. The van der Waals surface area contributed by atoms with Crippen LogP contribution >= 0.6 is 11.6 Å². The van der Waals surface area contributed by atoms with Crippen LogP contribution in [0.2, 0.25) is 0 Å². The van der Waals surface area contributed by atoms with Gasteiger partial charge in [-0.3, -0.25) is 10.2 Å². The number of amides is 2. The summed E-state index contributed by atoms with van der Waals surface area (Å²) in [6, 6.07) is 22.0. The molecule has 0 radical (unpaired) electrons. The Balaban J connectivity index is 1.32. The highest BCUT2D eigenvalue weighted by Gasteiger charge is 2.38. The Kier molecular flexibility index (Phi) is 9.24. The molecule has 2 amide bonds. The number of carbonyl (C=O) groups excluding carboxylic acids is 2. The van der Waals surface area contributed by atoms with Crippen molar-refractivity contribution in [3.05, 3.63) is 83.4 Å². The molecule has 246 valence electrons. The van der Waals surface area contributed by atoms with Gasteiger partial charge >= 0.3 is 12.2 Å².